The SMILES string of the molecule is COc1ccccc1OCCNC(=O)CN1CCN(Cc2ccc3c(c2)CCO3)CC1. The fourth-order valence-electron chi connectivity index (χ4n) is 4.05. The average molecular weight is 426 g/mol. The van der Waals surface area contributed by atoms with E-state index >= 15 is 0 Å². The van der Waals surface area contributed by atoms with Crippen LogP contribution in [0.4, 0.5) is 0 Å². The first kappa shape index (κ1) is 21.5. The lowest BCUT2D eigenvalue weighted by Crippen LogP contribution is -2.49. The van der Waals surface area contributed by atoms with E-state index in [0.29, 0.717) is 31.2 Å². The van der Waals surface area contributed by atoms with Crippen LogP contribution in [0.3, 0.4) is 0 Å². The zero-order chi connectivity index (χ0) is 21.5. The summed E-state index contributed by atoms with van der Waals surface area (Å²) in [5.74, 6) is 2.45. The van der Waals surface area contributed by atoms with E-state index in [1.54, 1.807) is 7.11 Å². The van der Waals surface area contributed by atoms with E-state index < -0.39 is 0 Å². The molecular formula is C24H31N3O4. The topological polar surface area (TPSA) is 63.3 Å². The molecule has 0 saturated carbocycles. The fourth-order valence-corrected chi connectivity index (χ4v) is 4.05. The maximum Gasteiger partial charge on any atom is 0.234 e. The molecule has 2 aromatic rings. The molecule has 7 nitrogen and oxygen atoms in total. The van der Waals surface area contributed by atoms with Crippen molar-refractivity contribution in [2.45, 2.75) is 13.0 Å². The normalized spacial score (nSPS) is 16.4. The molecule has 2 aliphatic rings. The molecular weight excluding hydrogens is 394 g/mol. The Morgan fingerprint density at radius 2 is 1.84 bits per heavy atom. The molecule has 0 spiro atoms. The van der Waals surface area contributed by atoms with Crippen LogP contribution in [0.25, 0.3) is 0 Å². The van der Waals surface area contributed by atoms with Crippen LogP contribution in [-0.4, -0.2) is 75.3 Å². The summed E-state index contributed by atoms with van der Waals surface area (Å²) in [4.78, 5) is 16.9. The van der Waals surface area contributed by atoms with E-state index in [2.05, 4.69) is 33.3 Å². The minimum atomic E-state index is 0.0377. The van der Waals surface area contributed by atoms with Gasteiger partial charge in [0, 0.05) is 39.1 Å². The number of rotatable bonds is 9. The van der Waals surface area contributed by atoms with Crippen molar-refractivity contribution in [3.05, 3.63) is 53.6 Å². The van der Waals surface area contributed by atoms with Gasteiger partial charge in [-0.15, -0.1) is 0 Å². The third kappa shape index (κ3) is 5.89. The zero-order valence-electron chi connectivity index (χ0n) is 18.1. The van der Waals surface area contributed by atoms with Crippen molar-refractivity contribution < 1.29 is 19.0 Å². The maximum atomic E-state index is 12.3. The van der Waals surface area contributed by atoms with Crippen LogP contribution < -0.4 is 19.5 Å². The van der Waals surface area contributed by atoms with Crippen LogP contribution in [0.5, 0.6) is 17.2 Å². The van der Waals surface area contributed by atoms with Crippen molar-refractivity contribution in [2.75, 3.05) is 59.6 Å². The predicted octanol–water partition coefficient (Wildman–Crippen LogP) is 1.94. The number of carbonyl (C=O) groups is 1. The Hall–Kier alpha value is -2.77. The quantitative estimate of drug-likeness (QED) is 0.620. The number of para-hydroxylation sites is 2. The first-order chi connectivity index (χ1) is 15.2. The minimum Gasteiger partial charge on any atom is -0.493 e. The number of methoxy groups -OCH3 is 1. The molecule has 31 heavy (non-hydrogen) atoms. The van der Waals surface area contributed by atoms with Gasteiger partial charge in [-0.3, -0.25) is 14.6 Å². The second-order valence-electron chi connectivity index (χ2n) is 7.94. The molecule has 2 heterocycles. The number of benzene rings is 2. The maximum absolute atomic E-state index is 12.3. The Balaban J connectivity index is 1.12. The molecule has 1 fully saturated rings. The number of nitrogens with one attached hydrogen (secondary N) is 1. The number of fused-ring (bicyclic) bond motifs is 1. The molecule has 4 rings (SSSR count). The van der Waals surface area contributed by atoms with Crippen molar-refractivity contribution in [3.63, 3.8) is 0 Å². The summed E-state index contributed by atoms with van der Waals surface area (Å²) < 4.78 is 16.6. The molecule has 0 atom stereocenters. The van der Waals surface area contributed by atoms with Crippen LogP contribution in [0.2, 0.25) is 0 Å². The van der Waals surface area contributed by atoms with Gasteiger partial charge in [-0.05, 0) is 29.3 Å². The van der Waals surface area contributed by atoms with Crippen LogP contribution in [0.15, 0.2) is 42.5 Å². The van der Waals surface area contributed by atoms with Gasteiger partial charge >= 0.3 is 0 Å². The zero-order valence-corrected chi connectivity index (χ0v) is 18.1. The van der Waals surface area contributed by atoms with E-state index in [9.17, 15) is 4.79 Å². The Morgan fingerprint density at radius 3 is 2.65 bits per heavy atom. The first-order valence-electron chi connectivity index (χ1n) is 10.9. The monoisotopic (exact) mass is 425 g/mol. The molecule has 0 radical (unpaired) electrons. The summed E-state index contributed by atoms with van der Waals surface area (Å²) in [7, 11) is 1.62. The second kappa shape index (κ2) is 10.5. The highest BCUT2D eigenvalue weighted by molar-refractivity contribution is 5.78. The predicted molar refractivity (Wildman–Crippen MR) is 119 cm³/mol. The number of hydrogen-bond donors (Lipinski definition) is 1. The van der Waals surface area contributed by atoms with Crippen LogP contribution in [0, 0.1) is 0 Å². The molecule has 0 unspecified atom stereocenters. The van der Waals surface area contributed by atoms with Gasteiger partial charge in [-0.1, -0.05) is 24.3 Å². The number of piperazine rings is 1. The lowest BCUT2D eigenvalue weighted by atomic mass is 10.1. The third-order valence-electron chi connectivity index (χ3n) is 5.74. The number of amides is 1. The van der Waals surface area contributed by atoms with Crippen LogP contribution in [-0.2, 0) is 17.8 Å². The summed E-state index contributed by atoms with van der Waals surface area (Å²) in [5.41, 5.74) is 2.66. The highest BCUT2D eigenvalue weighted by atomic mass is 16.5. The van der Waals surface area contributed by atoms with Gasteiger partial charge in [0.15, 0.2) is 11.5 Å². The molecule has 0 bridgehead atoms. The Labute approximate surface area is 183 Å². The number of carbonyl (C=O) groups excluding carboxylic acids is 1. The lowest BCUT2D eigenvalue weighted by molar-refractivity contribution is -0.122. The summed E-state index contributed by atoms with van der Waals surface area (Å²) >= 11 is 0. The molecule has 1 N–H and O–H groups in total. The van der Waals surface area contributed by atoms with E-state index in [1.807, 2.05) is 24.3 Å². The van der Waals surface area contributed by atoms with Gasteiger partial charge in [0.1, 0.15) is 12.4 Å². The van der Waals surface area contributed by atoms with E-state index in [-0.39, 0.29) is 5.91 Å². The summed E-state index contributed by atoms with van der Waals surface area (Å²) in [6.45, 7) is 6.80. The first-order valence-corrected chi connectivity index (χ1v) is 10.9. The molecule has 1 amide bonds. The van der Waals surface area contributed by atoms with Gasteiger partial charge in [0.05, 0.1) is 26.8 Å². The van der Waals surface area contributed by atoms with Crippen molar-refractivity contribution in [1.29, 1.82) is 0 Å². The summed E-state index contributed by atoms with van der Waals surface area (Å²) in [5, 5.41) is 2.94. The standard InChI is InChI=1S/C24H31N3O4/c1-29-22-4-2-3-5-23(22)31-15-9-25-24(28)18-27-12-10-26(11-13-27)17-19-6-7-21-20(16-19)8-14-30-21/h2-7,16H,8-15,17-18H2,1H3,(H,25,28). The Morgan fingerprint density at radius 1 is 1.06 bits per heavy atom. The molecule has 0 aromatic heterocycles. The average Bonchev–Trinajstić information content (AvgIpc) is 3.26. The fraction of sp³-hybridized carbons (Fsp3) is 0.458. The van der Waals surface area contributed by atoms with Crippen molar-refractivity contribution >= 4 is 5.91 Å². The van der Waals surface area contributed by atoms with Gasteiger partial charge < -0.3 is 19.5 Å². The van der Waals surface area contributed by atoms with Crippen molar-refractivity contribution in [2.24, 2.45) is 0 Å². The van der Waals surface area contributed by atoms with E-state index in [1.165, 1.54) is 11.1 Å². The highest BCUT2D eigenvalue weighted by Crippen LogP contribution is 2.27. The van der Waals surface area contributed by atoms with Crippen molar-refractivity contribution in [3.8, 4) is 17.2 Å². The third-order valence-corrected chi connectivity index (χ3v) is 5.74. The molecule has 2 aliphatic heterocycles. The molecule has 7 heteroatoms. The number of hydrogen-bond acceptors (Lipinski definition) is 6. The molecule has 0 aliphatic carbocycles. The van der Waals surface area contributed by atoms with E-state index in [0.717, 1.165) is 51.5 Å². The number of ether oxygens (including phenoxy) is 3. The van der Waals surface area contributed by atoms with Crippen molar-refractivity contribution in [1.82, 2.24) is 15.1 Å². The molecule has 166 valence electrons. The minimum absolute atomic E-state index is 0.0377. The van der Waals surface area contributed by atoms with Gasteiger partial charge in [0.25, 0.3) is 0 Å². The van der Waals surface area contributed by atoms with Crippen LogP contribution in [0.1, 0.15) is 11.1 Å². The van der Waals surface area contributed by atoms with Crippen LogP contribution >= 0.6 is 0 Å². The smallest absolute Gasteiger partial charge is 0.234 e. The largest absolute Gasteiger partial charge is 0.493 e. The van der Waals surface area contributed by atoms with Gasteiger partial charge in [-0.2, -0.15) is 0 Å². The van der Waals surface area contributed by atoms with E-state index in [4.69, 9.17) is 14.2 Å². The Bertz CT molecular complexity index is 881. The molecule has 1 saturated heterocycles. The second-order valence-corrected chi connectivity index (χ2v) is 7.94. The lowest BCUT2D eigenvalue weighted by Gasteiger charge is -2.34. The molecule has 2 aromatic carbocycles. The summed E-state index contributed by atoms with van der Waals surface area (Å²) in [6, 6.07) is 14.0. The number of nitrogens with zero attached hydrogens (tertiary/aromatic N) is 2. The van der Waals surface area contributed by atoms with Gasteiger partial charge in [-0.25, -0.2) is 0 Å². The van der Waals surface area contributed by atoms with Gasteiger partial charge in [0.2, 0.25) is 5.91 Å². The Kier molecular flexibility index (Phi) is 7.27. The summed E-state index contributed by atoms with van der Waals surface area (Å²) in [6.07, 6.45) is 1.01. The highest BCUT2D eigenvalue weighted by Gasteiger charge is 2.20.